The second-order valence-electron chi connectivity index (χ2n) is 8.55. The number of ether oxygens (including phenoxy) is 1. The molecule has 4 rings (SSSR count). The Morgan fingerprint density at radius 3 is 2.56 bits per heavy atom. The molecule has 0 atom stereocenters. The number of piperidine rings is 1. The molecule has 1 fully saturated rings. The molecule has 0 saturated carbocycles. The third-order valence-corrected chi connectivity index (χ3v) is 6.20. The van der Waals surface area contributed by atoms with Crippen LogP contribution in [0, 0.1) is 13.8 Å². The standard InChI is InChI=1S/C25H31N3O4/c1-18-24(19(2)32-26-18)17-31-22-8-6-20(7-9-22)15-25(29)28(16-23-5-4-14-30-23)21-10-12-27(3)13-11-21/h4-9,14,21H,10-13,15-17H2,1-3H3. The minimum atomic E-state index is 0.125. The molecule has 3 heterocycles. The Bertz CT molecular complexity index is 983. The molecule has 0 radical (unpaired) electrons. The molecule has 7 nitrogen and oxygen atoms in total. The second-order valence-corrected chi connectivity index (χ2v) is 8.55. The fourth-order valence-electron chi connectivity index (χ4n) is 4.14. The number of hydrogen-bond donors (Lipinski definition) is 0. The first kappa shape index (κ1) is 22.1. The van der Waals surface area contributed by atoms with E-state index in [0.717, 1.165) is 60.0 Å². The lowest BCUT2D eigenvalue weighted by molar-refractivity contribution is -0.134. The number of likely N-dealkylation sites (tertiary alicyclic amines) is 1. The van der Waals surface area contributed by atoms with E-state index in [9.17, 15) is 4.79 Å². The van der Waals surface area contributed by atoms with Gasteiger partial charge in [0.15, 0.2) is 0 Å². The predicted octanol–water partition coefficient (Wildman–Crippen LogP) is 4.13. The normalized spacial score (nSPS) is 15.1. The van der Waals surface area contributed by atoms with Crippen LogP contribution in [0.15, 0.2) is 51.6 Å². The molecule has 170 valence electrons. The van der Waals surface area contributed by atoms with E-state index in [1.54, 1.807) is 6.26 Å². The van der Waals surface area contributed by atoms with Crippen LogP contribution in [0.5, 0.6) is 5.75 Å². The molecule has 7 heteroatoms. The molecule has 2 aromatic heterocycles. The zero-order valence-corrected chi connectivity index (χ0v) is 19.0. The van der Waals surface area contributed by atoms with Gasteiger partial charge < -0.3 is 23.5 Å². The van der Waals surface area contributed by atoms with Crippen molar-refractivity contribution in [2.75, 3.05) is 20.1 Å². The topological polar surface area (TPSA) is 72.0 Å². The highest BCUT2D eigenvalue weighted by molar-refractivity contribution is 5.79. The Hall–Kier alpha value is -3.06. The maximum absolute atomic E-state index is 13.3. The van der Waals surface area contributed by atoms with Gasteiger partial charge in [-0.05, 0) is 76.7 Å². The summed E-state index contributed by atoms with van der Waals surface area (Å²) in [4.78, 5) is 17.6. The third kappa shape index (κ3) is 5.40. The summed E-state index contributed by atoms with van der Waals surface area (Å²) in [6, 6.07) is 11.8. The van der Waals surface area contributed by atoms with E-state index in [4.69, 9.17) is 13.7 Å². The van der Waals surface area contributed by atoms with Crippen LogP contribution in [0.25, 0.3) is 0 Å². The number of benzene rings is 1. The highest BCUT2D eigenvalue weighted by Gasteiger charge is 2.27. The number of aromatic nitrogens is 1. The van der Waals surface area contributed by atoms with Gasteiger partial charge in [0.25, 0.3) is 0 Å². The van der Waals surface area contributed by atoms with Gasteiger partial charge in [0.1, 0.15) is 23.9 Å². The molecule has 1 aliphatic heterocycles. The second kappa shape index (κ2) is 10.0. The van der Waals surface area contributed by atoms with Gasteiger partial charge >= 0.3 is 0 Å². The molecule has 1 amide bonds. The van der Waals surface area contributed by atoms with Crippen molar-refractivity contribution in [1.82, 2.24) is 15.0 Å². The summed E-state index contributed by atoms with van der Waals surface area (Å²) in [6.45, 7) is 6.72. The maximum atomic E-state index is 13.3. The van der Waals surface area contributed by atoms with Crippen LogP contribution in [0.4, 0.5) is 0 Å². The molecule has 1 aromatic carbocycles. The zero-order valence-electron chi connectivity index (χ0n) is 19.0. The van der Waals surface area contributed by atoms with Gasteiger partial charge in [-0.15, -0.1) is 0 Å². The minimum absolute atomic E-state index is 0.125. The molecule has 1 aliphatic rings. The van der Waals surface area contributed by atoms with Crippen LogP contribution in [-0.2, 0) is 24.4 Å². The van der Waals surface area contributed by atoms with Crippen LogP contribution in [0.1, 0.15) is 41.2 Å². The maximum Gasteiger partial charge on any atom is 0.227 e. The van der Waals surface area contributed by atoms with Gasteiger partial charge in [0.2, 0.25) is 5.91 Å². The number of carbonyl (C=O) groups is 1. The van der Waals surface area contributed by atoms with Gasteiger partial charge in [-0.25, -0.2) is 0 Å². The average Bonchev–Trinajstić information content (AvgIpc) is 3.42. The molecule has 0 spiro atoms. The smallest absolute Gasteiger partial charge is 0.227 e. The fourth-order valence-corrected chi connectivity index (χ4v) is 4.14. The Kier molecular flexibility index (Phi) is 6.95. The summed E-state index contributed by atoms with van der Waals surface area (Å²) in [6.07, 6.45) is 3.99. The Morgan fingerprint density at radius 1 is 1.19 bits per heavy atom. The number of nitrogens with zero attached hydrogens (tertiary/aromatic N) is 3. The number of aryl methyl sites for hydroxylation is 2. The molecular weight excluding hydrogens is 406 g/mol. The van der Waals surface area contributed by atoms with Crippen molar-refractivity contribution in [3.05, 3.63) is 71.0 Å². The van der Waals surface area contributed by atoms with E-state index >= 15 is 0 Å². The van der Waals surface area contributed by atoms with Crippen LogP contribution in [0.3, 0.4) is 0 Å². The summed E-state index contributed by atoms with van der Waals surface area (Å²) < 4.78 is 16.6. The van der Waals surface area contributed by atoms with E-state index in [2.05, 4.69) is 17.1 Å². The summed E-state index contributed by atoms with van der Waals surface area (Å²) >= 11 is 0. The first-order valence-corrected chi connectivity index (χ1v) is 11.1. The van der Waals surface area contributed by atoms with Gasteiger partial charge in [-0.3, -0.25) is 4.79 Å². The van der Waals surface area contributed by atoms with Crippen molar-refractivity contribution >= 4 is 5.91 Å². The van der Waals surface area contributed by atoms with Gasteiger partial charge in [0, 0.05) is 6.04 Å². The van der Waals surface area contributed by atoms with E-state index in [1.165, 1.54) is 0 Å². The van der Waals surface area contributed by atoms with E-state index < -0.39 is 0 Å². The van der Waals surface area contributed by atoms with Gasteiger partial charge in [-0.1, -0.05) is 17.3 Å². The molecular formula is C25H31N3O4. The van der Waals surface area contributed by atoms with Crippen molar-refractivity contribution < 1.29 is 18.5 Å². The zero-order chi connectivity index (χ0) is 22.5. The number of rotatable bonds is 8. The molecule has 0 bridgehead atoms. The molecule has 0 N–H and O–H groups in total. The predicted molar refractivity (Wildman–Crippen MR) is 120 cm³/mol. The number of furan rings is 1. The molecule has 1 saturated heterocycles. The molecule has 32 heavy (non-hydrogen) atoms. The summed E-state index contributed by atoms with van der Waals surface area (Å²) in [5.41, 5.74) is 2.78. The van der Waals surface area contributed by atoms with E-state index in [1.807, 2.05) is 55.1 Å². The SMILES string of the molecule is Cc1noc(C)c1COc1ccc(CC(=O)N(Cc2ccco2)C2CCN(C)CC2)cc1. The summed E-state index contributed by atoms with van der Waals surface area (Å²) in [7, 11) is 2.13. The summed E-state index contributed by atoms with van der Waals surface area (Å²) in [5, 5.41) is 3.95. The Morgan fingerprint density at radius 2 is 1.94 bits per heavy atom. The number of hydrogen-bond acceptors (Lipinski definition) is 6. The Balaban J connectivity index is 1.38. The molecule has 3 aromatic rings. The summed E-state index contributed by atoms with van der Waals surface area (Å²) in [5.74, 6) is 2.47. The van der Waals surface area contributed by atoms with Gasteiger partial charge in [-0.2, -0.15) is 0 Å². The van der Waals surface area contributed by atoms with Gasteiger partial charge in [0.05, 0.1) is 30.5 Å². The number of carbonyl (C=O) groups excluding carboxylic acids is 1. The Labute approximate surface area is 188 Å². The van der Waals surface area contributed by atoms with Crippen molar-refractivity contribution in [3.8, 4) is 5.75 Å². The van der Waals surface area contributed by atoms with Crippen LogP contribution < -0.4 is 4.74 Å². The fraction of sp³-hybridized carbons (Fsp3) is 0.440. The lowest BCUT2D eigenvalue weighted by Crippen LogP contribution is -2.46. The quantitative estimate of drug-likeness (QED) is 0.528. The van der Waals surface area contributed by atoms with Crippen molar-refractivity contribution in [2.24, 2.45) is 0 Å². The average molecular weight is 438 g/mol. The minimum Gasteiger partial charge on any atom is -0.489 e. The largest absolute Gasteiger partial charge is 0.489 e. The van der Waals surface area contributed by atoms with Crippen LogP contribution in [-0.4, -0.2) is 47.0 Å². The van der Waals surface area contributed by atoms with Crippen molar-refractivity contribution in [1.29, 1.82) is 0 Å². The lowest BCUT2D eigenvalue weighted by atomic mass is 10.0. The van der Waals surface area contributed by atoms with Crippen molar-refractivity contribution in [3.63, 3.8) is 0 Å². The lowest BCUT2D eigenvalue weighted by Gasteiger charge is -2.37. The third-order valence-electron chi connectivity index (χ3n) is 6.20. The first-order valence-electron chi connectivity index (χ1n) is 11.1. The highest BCUT2D eigenvalue weighted by Crippen LogP contribution is 2.22. The van der Waals surface area contributed by atoms with E-state index in [-0.39, 0.29) is 11.9 Å². The van der Waals surface area contributed by atoms with E-state index in [0.29, 0.717) is 19.6 Å². The molecule has 0 aliphatic carbocycles. The van der Waals surface area contributed by atoms with Crippen LogP contribution >= 0.6 is 0 Å². The highest BCUT2D eigenvalue weighted by atomic mass is 16.5. The molecule has 0 unspecified atom stereocenters. The monoisotopic (exact) mass is 437 g/mol. The first-order chi connectivity index (χ1) is 15.5. The number of amides is 1. The van der Waals surface area contributed by atoms with Crippen LogP contribution in [0.2, 0.25) is 0 Å². The van der Waals surface area contributed by atoms with Crippen molar-refractivity contribution in [2.45, 2.75) is 52.3 Å².